The van der Waals surface area contributed by atoms with Gasteiger partial charge in [0.25, 0.3) is 5.91 Å². The van der Waals surface area contributed by atoms with E-state index in [9.17, 15) is 14.3 Å². The highest BCUT2D eigenvalue weighted by molar-refractivity contribution is 6.01. The smallest absolute Gasteiger partial charge is 0.271 e. The van der Waals surface area contributed by atoms with Crippen LogP contribution in [0.5, 0.6) is 5.75 Å². The summed E-state index contributed by atoms with van der Waals surface area (Å²) in [5.41, 5.74) is 3.28. The molecule has 0 fully saturated rings. The summed E-state index contributed by atoms with van der Waals surface area (Å²) in [5, 5.41) is 13.1. The zero-order valence-electron chi connectivity index (χ0n) is 10.8. The molecule has 0 spiro atoms. The predicted molar refractivity (Wildman–Crippen MR) is 74.2 cm³/mol. The van der Waals surface area contributed by atoms with Crippen molar-refractivity contribution in [2.45, 2.75) is 6.92 Å². The summed E-state index contributed by atoms with van der Waals surface area (Å²) < 4.78 is 13.5. The van der Waals surface area contributed by atoms with Crippen LogP contribution in [-0.4, -0.2) is 16.7 Å². The number of hydrogen-bond acceptors (Lipinski definition) is 3. The Morgan fingerprint density at radius 2 is 1.95 bits per heavy atom. The highest BCUT2D eigenvalue weighted by Crippen LogP contribution is 2.11. The van der Waals surface area contributed by atoms with Gasteiger partial charge in [-0.2, -0.15) is 5.10 Å². The predicted octanol–water partition coefficient (Wildman–Crippen LogP) is 2.69. The molecule has 0 atom stereocenters. The van der Waals surface area contributed by atoms with Gasteiger partial charge in [-0.3, -0.25) is 4.79 Å². The number of carbonyl (C=O) groups excluding carboxylic acids is 1. The molecule has 0 radical (unpaired) electrons. The van der Waals surface area contributed by atoms with Crippen molar-refractivity contribution in [1.29, 1.82) is 0 Å². The lowest BCUT2D eigenvalue weighted by Crippen LogP contribution is -2.19. The second-order valence-electron chi connectivity index (χ2n) is 4.17. The first-order valence-corrected chi connectivity index (χ1v) is 5.96. The van der Waals surface area contributed by atoms with Gasteiger partial charge in [0.2, 0.25) is 0 Å². The molecule has 5 heteroatoms. The number of phenolic OH excluding ortho intramolecular Hbond substituents is 1. The average molecular weight is 272 g/mol. The van der Waals surface area contributed by atoms with Gasteiger partial charge in [0.05, 0.1) is 5.71 Å². The summed E-state index contributed by atoms with van der Waals surface area (Å²) in [7, 11) is 0. The number of carbonyl (C=O) groups is 1. The van der Waals surface area contributed by atoms with Crippen LogP contribution in [0, 0.1) is 5.82 Å². The van der Waals surface area contributed by atoms with Crippen molar-refractivity contribution >= 4 is 11.6 Å². The second kappa shape index (κ2) is 5.97. The monoisotopic (exact) mass is 272 g/mol. The van der Waals surface area contributed by atoms with Crippen LogP contribution in [0.15, 0.2) is 53.6 Å². The van der Waals surface area contributed by atoms with Crippen LogP contribution in [0.25, 0.3) is 0 Å². The van der Waals surface area contributed by atoms with E-state index in [0.717, 1.165) is 0 Å². The van der Waals surface area contributed by atoms with Gasteiger partial charge in [-0.05, 0) is 31.2 Å². The molecule has 0 aromatic heterocycles. The van der Waals surface area contributed by atoms with E-state index < -0.39 is 11.7 Å². The molecular weight excluding hydrogens is 259 g/mol. The molecule has 0 aliphatic carbocycles. The van der Waals surface area contributed by atoms with E-state index in [0.29, 0.717) is 11.3 Å². The quantitative estimate of drug-likeness (QED) is 0.666. The number of benzene rings is 2. The number of amides is 1. The van der Waals surface area contributed by atoms with Gasteiger partial charge in [-0.25, -0.2) is 9.82 Å². The molecule has 102 valence electrons. The molecule has 0 unspecified atom stereocenters. The van der Waals surface area contributed by atoms with Crippen molar-refractivity contribution in [2.24, 2.45) is 5.10 Å². The molecule has 0 aliphatic rings. The fourth-order valence-electron chi connectivity index (χ4n) is 1.66. The van der Waals surface area contributed by atoms with E-state index in [1.807, 2.05) is 0 Å². The molecular formula is C15H13FN2O2. The highest BCUT2D eigenvalue weighted by Gasteiger charge is 2.07. The lowest BCUT2D eigenvalue weighted by atomic mass is 10.1. The van der Waals surface area contributed by atoms with Gasteiger partial charge in [-0.15, -0.1) is 0 Å². The molecule has 2 N–H and O–H groups in total. The normalized spacial score (nSPS) is 11.2. The summed E-state index contributed by atoms with van der Waals surface area (Å²) in [6, 6.07) is 12.1. The molecule has 0 bridgehead atoms. The minimum atomic E-state index is -0.475. The fourth-order valence-corrected chi connectivity index (χ4v) is 1.66. The Labute approximate surface area is 115 Å². The Balaban J connectivity index is 2.13. The Hall–Kier alpha value is -2.69. The number of hydrogen-bond donors (Lipinski definition) is 2. The van der Waals surface area contributed by atoms with E-state index in [1.165, 1.54) is 18.2 Å². The van der Waals surface area contributed by atoms with Gasteiger partial charge in [0.15, 0.2) is 0 Å². The van der Waals surface area contributed by atoms with Crippen molar-refractivity contribution in [3.05, 3.63) is 65.5 Å². The average Bonchev–Trinajstić information content (AvgIpc) is 2.45. The van der Waals surface area contributed by atoms with Crippen molar-refractivity contribution in [2.75, 3.05) is 0 Å². The van der Waals surface area contributed by atoms with Crippen molar-refractivity contribution in [3.8, 4) is 5.75 Å². The number of nitrogens with zero attached hydrogens (tertiary/aromatic N) is 1. The first-order chi connectivity index (χ1) is 9.58. The molecule has 2 aromatic rings. The van der Waals surface area contributed by atoms with Crippen LogP contribution < -0.4 is 5.43 Å². The second-order valence-corrected chi connectivity index (χ2v) is 4.17. The van der Waals surface area contributed by atoms with Gasteiger partial charge < -0.3 is 5.11 Å². The Kier molecular flexibility index (Phi) is 4.10. The molecule has 2 aromatic carbocycles. The minimum absolute atomic E-state index is 0.00699. The fraction of sp³-hybridized carbons (Fsp3) is 0.0667. The maximum absolute atomic E-state index is 13.5. The van der Waals surface area contributed by atoms with Crippen LogP contribution >= 0.6 is 0 Å². The number of halogens is 1. The van der Waals surface area contributed by atoms with Crippen LogP contribution in [-0.2, 0) is 0 Å². The molecule has 4 nitrogen and oxygen atoms in total. The van der Waals surface area contributed by atoms with Gasteiger partial charge in [-0.1, -0.05) is 24.3 Å². The number of rotatable bonds is 3. The number of phenols is 1. The third-order valence-corrected chi connectivity index (χ3v) is 2.70. The highest BCUT2D eigenvalue weighted by atomic mass is 19.1. The first kappa shape index (κ1) is 13.7. The Morgan fingerprint density at radius 3 is 2.65 bits per heavy atom. The number of hydrazone groups is 1. The molecule has 2 rings (SSSR count). The standard InChI is InChI=1S/C15H13FN2O2/c1-10(13-7-2-3-8-14(13)16)17-18-15(20)11-5-4-6-12(19)9-11/h2-9,19H,1H3,(H,18,20)/b17-10-. The van der Waals surface area contributed by atoms with E-state index in [4.69, 9.17) is 0 Å². The summed E-state index contributed by atoms with van der Waals surface area (Å²) in [5.74, 6) is -0.885. The van der Waals surface area contributed by atoms with Crippen molar-refractivity contribution < 1.29 is 14.3 Å². The Bertz CT molecular complexity index is 668. The SMILES string of the molecule is C/C(=N/NC(=O)c1cccc(O)c1)c1ccccc1F. The molecule has 1 amide bonds. The van der Waals surface area contributed by atoms with Crippen LogP contribution in [0.4, 0.5) is 4.39 Å². The third-order valence-electron chi connectivity index (χ3n) is 2.70. The topological polar surface area (TPSA) is 61.7 Å². The van der Waals surface area contributed by atoms with Gasteiger partial charge >= 0.3 is 0 Å². The molecule has 20 heavy (non-hydrogen) atoms. The molecule has 0 saturated heterocycles. The van der Waals surface area contributed by atoms with Gasteiger partial charge in [0, 0.05) is 11.1 Å². The minimum Gasteiger partial charge on any atom is -0.508 e. The van der Waals surface area contributed by atoms with E-state index in [2.05, 4.69) is 10.5 Å². The lowest BCUT2D eigenvalue weighted by Gasteiger charge is -2.04. The summed E-state index contributed by atoms with van der Waals surface area (Å²) in [6.07, 6.45) is 0. The van der Waals surface area contributed by atoms with Crippen molar-refractivity contribution in [3.63, 3.8) is 0 Å². The summed E-state index contributed by atoms with van der Waals surface area (Å²) >= 11 is 0. The maximum atomic E-state index is 13.5. The summed E-state index contributed by atoms with van der Waals surface area (Å²) in [4.78, 5) is 11.8. The van der Waals surface area contributed by atoms with E-state index >= 15 is 0 Å². The van der Waals surface area contributed by atoms with Crippen LogP contribution in [0.2, 0.25) is 0 Å². The first-order valence-electron chi connectivity index (χ1n) is 5.96. The maximum Gasteiger partial charge on any atom is 0.271 e. The number of nitrogens with one attached hydrogen (secondary N) is 1. The van der Waals surface area contributed by atoms with Crippen LogP contribution in [0.1, 0.15) is 22.8 Å². The van der Waals surface area contributed by atoms with E-state index in [-0.39, 0.29) is 11.3 Å². The third kappa shape index (κ3) is 3.20. The Morgan fingerprint density at radius 1 is 1.20 bits per heavy atom. The van der Waals surface area contributed by atoms with Crippen LogP contribution in [0.3, 0.4) is 0 Å². The summed E-state index contributed by atoms with van der Waals surface area (Å²) in [6.45, 7) is 1.60. The molecule has 0 heterocycles. The van der Waals surface area contributed by atoms with Gasteiger partial charge in [0.1, 0.15) is 11.6 Å². The number of aromatic hydroxyl groups is 1. The molecule has 0 saturated carbocycles. The zero-order chi connectivity index (χ0) is 14.5. The molecule has 0 aliphatic heterocycles. The van der Waals surface area contributed by atoms with Crippen molar-refractivity contribution in [1.82, 2.24) is 5.43 Å². The van der Waals surface area contributed by atoms with E-state index in [1.54, 1.807) is 37.3 Å². The largest absolute Gasteiger partial charge is 0.508 e. The zero-order valence-corrected chi connectivity index (χ0v) is 10.8. The lowest BCUT2D eigenvalue weighted by molar-refractivity contribution is 0.0954.